The fraction of sp³-hybridized carbons (Fsp3) is 0.217. The number of rotatable bonds is 3. The standard InChI is InChI=1S/C23H19Cl2NO4/c1-29-23(28)21-19(15-8-7-14(24)11-16(15)25)20-17(27)9-13(10-18(20)30-22(21)26)12-5-3-2-4-6-12/h2-8,11,13,19H,9-10,26H2,1H3/t13-,19-/m1/s1. The number of carbonyl (C=O) groups excluding carboxylic acids is 2. The molecule has 0 aromatic heterocycles. The Bertz CT molecular complexity index is 1090. The summed E-state index contributed by atoms with van der Waals surface area (Å²) in [5.74, 6) is -1.23. The van der Waals surface area contributed by atoms with Crippen molar-refractivity contribution in [1.29, 1.82) is 0 Å². The maximum absolute atomic E-state index is 13.3. The Balaban J connectivity index is 1.85. The maximum atomic E-state index is 13.3. The smallest absolute Gasteiger partial charge is 0.340 e. The van der Waals surface area contributed by atoms with E-state index in [-0.39, 0.29) is 23.2 Å². The van der Waals surface area contributed by atoms with Gasteiger partial charge in [-0.1, -0.05) is 59.6 Å². The van der Waals surface area contributed by atoms with Gasteiger partial charge in [-0.3, -0.25) is 4.79 Å². The zero-order valence-electron chi connectivity index (χ0n) is 16.2. The molecule has 154 valence electrons. The highest BCUT2D eigenvalue weighted by atomic mass is 35.5. The minimum Gasteiger partial charge on any atom is -0.465 e. The van der Waals surface area contributed by atoms with Gasteiger partial charge in [-0.15, -0.1) is 0 Å². The molecule has 2 atom stereocenters. The molecule has 0 spiro atoms. The molecule has 5 nitrogen and oxygen atoms in total. The Morgan fingerprint density at radius 3 is 2.53 bits per heavy atom. The van der Waals surface area contributed by atoms with Crippen molar-refractivity contribution >= 4 is 35.0 Å². The van der Waals surface area contributed by atoms with E-state index in [1.54, 1.807) is 18.2 Å². The molecule has 1 aliphatic heterocycles. The van der Waals surface area contributed by atoms with E-state index >= 15 is 0 Å². The fourth-order valence-corrected chi connectivity index (χ4v) is 4.64. The Morgan fingerprint density at radius 1 is 1.13 bits per heavy atom. The van der Waals surface area contributed by atoms with Crippen molar-refractivity contribution in [2.24, 2.45) is 5.73 Å². The maximum Gasteiger partial charge on any atom is 0.340 e. The lowest BCUT2D eigenvalue weighted by molar-refractivity contribution is -0.136. The highest BCUT2D eigenvalue weighted by molar-refractivity contribution is 6.35. The number of Topliss-reactive ketones (excluding diaryl/α,β-unsaturated/α-hetero) is 1. The summed E-state index contributed by atoms with van der Waals surface area (Å²) in [5, 5.41) is 0.772. The summed E-state index contributed by atoms with van der Waals surface area (Å²) in [6, 6.07) is 14.7. The summed E-state index contributed by atoms with van der Waals surface area (Å²) in [7, 11) is 1.25. The zero-order chi connectivity index (χ0) is 21.4. The predicted molar refractivity (Wildman–Crippen MR) is 114 cm³/mol. The van der Waals surface area contributed by atoms with Crippen molar-refractivity contribution in [2.45, 2.75) is 24.7 Å². The number of carbonyl (C=O) groups is 2. The lowest BCUT2D eigenvalue weighted by atomic mass is 9.73. The van der Waals surface area contributed by atoms with Gasteiger partial charge in [-0.2, -0.15) is 0 Å². The minimum atomic E-state index is -0.782. The molecule has 0 bridgehead atoms. The molecule has 2 N–H and O–H groups in total. The molecule has 2 aromatic rings. The van der Waals surface area contributed by atoms with E-state index in [0.717, 1.165) is 5.56 Å². The van der Waals surface area contributed by atoms with Gasteiger partial charge >= 0.3 is 5.97 Å². The highest BCUT2D eigenvalue weighted by Crippen LogP contribution is 2.48. The third-order valence-electron chi connectivity index (χ3n) is 5.49. The van der Waals surface area contributed by atoms with Crippen LogP contribution in [0.2, 0.25) is 10.0 Å². The Kier molecular flexibility index (Phi) is 5.58. The summed E-state index contributed by atoms with van der Waals surface area (Å²) in [6.07, 6.45) is 0.782. The van der Waals surface area contributed by atoms with Crippen LogP contribution in [0.25, 0.3) is 0 Å². The van der Waals surface area contributed by atoms with Gasteiger partial charge in [0.05, 0.1) is 13.0 Å². The number of methoxy groups -OCH3 is 1. The first-order valence-corrected chi connectivity index (χ1v) is 10.2. The Morgan fingerprint density at radius 2 is 1.87 bits per heavy atom. The molecule has 0 amide bonds. The van der Waals surface area contributed by atoms with Gasteiger partial charge in [0, 0.05) is 28.5 Å². The summed E-state index contributed by atoms with van der Waals surface area (Å²) in [6.45, 7) is 0. The summed E-state index contributed by atoms with van der Waals surface area (Å²) < 4.78 is 10.7. The second-order valence-electron chi connectivity index (χ2n) is 7.25. The number of hydrogen-bond acceptors (Lipinski definition) is 5. The van der Waals surface area contributed by atoms with E-state index < -0.39 is 11.9 Å². The van der Waals surface area contributed by atoms with Crippen LogP contribution < -0.4 is 5.73 Å². The van der Waals surface area contributed by atoms with Crippen LogP contribution in [-0.2, 0) is 19.1 Å². The van der Waals surface area contributed by atoms with Crippen molar-refractivity contribution in [2.75, 3.05) is 7.11 Å². The third kappa shape index (κ3) is 3.59. The number of esters is 1. The molecule has 0 saturated carbocycles. The largest absolute Gasteiger partial charge is 0.465 e. The lowest BCUT2D eigenvalue weighted by Gasteiger charge is -2.35. The molecule has 30 heavy (non-hydrogen) atoms. The van der Waals surface area contributed by atoms with Crippen LogP contribution in [0.15, 0.2) is 71.3 Å². The van der Waals surface area contributed by atoms with E-state index in [1.807, 2.05) is 30.3 Å². The number of benzene rings is 2. The molecule has 1 heterocycles. The molecule has 0 radical (unpaired) electrons. The van der Waals surface area contributed by atoms with Gasteiger partial charge in [0.1, 0.15) is 11.3 Å². The molecule has 2 aromatic carbocycles. The van der Waals surface area contributed by atoms with Gasteiger partial charge in [-0.05, 0) is 29.2 Å². The molecule has 2 aliphatic rings. The van der Waals surface area contributed by atoms with Crippen LogP contribution in [0.1, 0.15) is 35.8 Å². The van der Waals surface area contributed by atoms with E-state index in [9.17, 15) is 9.59 Å². The topological polar surface area (TPSA) is 78.6 Å². The molecule has 4 rings (SSSR count). The third-order valence-corrected chi connectivity index (χ3v) is 6.05. The molecule has 0 unspecified atom stereocenters. The molecule has 0 saturated heterocycles. The number of nitrogens with two attached hydrogens (primary N) is 1. The number of allylic oxidation sites excluding steroid dienone is 2. The van der Waals surface area contributed by atoms with E-state index in [1.165, 1.54) is 7.11 Å². The first kappa shape index (κ1) is 20.5. The van der Waals surface area contributed by atoms with Crippen LogP contribution in [0.4, 0.5) is 0 Å². The van der Waals surface area contributed by atoms with Crippen LogP contribution in [0.5, 0.6) is 0 Å². The monoisotopic (exact) mass is 443 g/mol. The van der Waals surface area contributed by atoms with Crippen molar-refractivity contribution in [1.82, 2.24) is 0 Å². The average molecular weight is 444 g/mol. The van der Waals surface area contributed by atoms with Crippen LogP contribution in [0, 0.1) is 0 Å². The summed E-state index contributed by atoms with van der Waals surface area (Å²) >= 11 is 12.5. The normalized spacial score (nSPS) is 21.2. The predicted octanol–water partition coefficient (Wildman–Crippen LogP) is 4.85. The average Bonchev–Trinajstić information content (AvgIpc) is 2.73. The van der Waals surface area contributed by atoms with Crippen LogP contribution in [-0.4, -0.2) is 18.9 Å². The van der Waals surface area contributed by atoms with Crippen molar-refractivity contribution in [3.63, 3.8) is 0 Å². The van der Waals surface area contributed by atoms with E-state index in [2.05, 4.69) is 0 Å². The van der Waals surface area contributed by atoms with Crippen LogP contribution >= 0.6 is 23.2 Å². The molecular formula is C23H19Cl2NO4. The molecular weight excluding hydrogens is 425 g/mol. The van der Waals surface area contributed by atoms with Crippen molar-refractivity contribution in [3.8, 4) is 0 Å². The molecule has 1 aliphatic carbocycles. The second kappa shape index (κ2) is 8.17. The first-order valence-electron chi connectivity index (χ1n) is 9.42. The van der Waals surface area contributed by atoms with Crippen LogP contribution in [0.3, 0.4) is 0 Å². The van der Waals surface area contributed by atoms with Crippen molar-refractivity contribution < 1.29 is 19.1 Å². The first-order chi connectivity index (χ1) is 14.4. The minimum absolute atomic E-state index is 0.0359. The van der Waals surface area contributed by atoms with Gasteiger partial charge < -0.3 is 15.2 Å². The fourth-order valence-electron chi connectivity index (χ4n) is 4.12. The second-order valence-corrected chi connectivity index (χ2v) is 8.09. The lowest BCUT2D eigenvalue weighted by Crippen LogP contribution is -2.33. The number of hydrogen-bond donors (Lipinski definition) is 1. The van der Waals surface area contributed by atoms with Gasteiger partial charge in [0.2, 0.25) is 5.88 Å². The number of halogens is 2. The summed E-state index contributed by atoms with van der Waals surface area (Å²) in [4.78, 5) is 25.9. The van der Waals surface area contributed by atoms with E-state index in [0.29, 0.717) is 39.8 Å². The zero-order valence-corrected chi connectivity index (χ0v) is 17.7. The van der Waals surface area contributed by atoms with Gasteiger partial charge in [-0.25, -0.2) is 4.79 Å². The van der Waals surface area contributed by atoms with E-state index in [4.69, 9.17) is 38.4 Å². The Labute approximate surface area is 184 Å². The summed E-state index contributed by atoms with van der Waals surface area (Å²) in [5.41, 5.74) is 8.19. The Hall–Kier alpha value is -2.76. The van der Waals surface area contributed by atoms with Crippen molar-refractivity contribution in [3.05, 3.63) is 92.5 Å². The van der Waals surface area contributed by atoms with Gasteiger partial charge in [0.25, 0.3) is 0 Å². The number of ether oxygens (including phenoxy) is 2. The number of ketones is 1. The SMILES string of the molecule is COC(=O)C1=C(N)OC2=C(C(=O)C[C@@H](c3ccccc3)C2)[C@H]1c1ccc(Cl)cc1Cl. The quantitative estimate of drug-likeness (QED) is 0.685. The van der Waals surface area contributed by atoms with Gasteiger partial charge in [0.15, 0.2) is 5.78 Å². The highest BCUT2D eigenvalue weighted by Gasteiger charge is 2.43. The molecule has 7 heteroatoms. The molecule has 0 fully saturated rings.